The van der Waals surface area contributed by atoms with Crippen molar-refractivity contribution in [2.75, 3.05) is 5.75 Å². The summed E-state index contributed by atoms with van der Waals surface area (Å²) in [5.41, 5.74) is 4.63. The van der Waals surface area contributed by atoms with Crippen LogP contribution >= 0.6 is 11.6 Å². The lowest BCUT2D eigenvalue weighted by atomic mass is 10.1. The van der Waals surface area contributed by atoms with E-state index in [0.29, 0.717) is 10.6 Å². The minimum absolute atomic E-state index is 0.131. The molecule has 0 heterocycles. The van der Waals surface area contributed by atoms with Crippen LogP contribution in [0.2, 0.25) is 5.02 Å². The summed E-state index contributed by atoms with van der Waals surface area (Å²) in [6.07, 6.45) is 0. The molecule has 104 valence electrons. The molecule has 0 saturated heterocycles. The third kappa shape index (κ3) is 2.13. The summed E-state index contributed by atoms with van der Waals surface area (Å²) in [4.78, 5) is 11.3. The Morgan fingerprint density at radius 2 is 1.95 bits per heavy atom. The summed E-state index contributed by atoms with van der Waals surface area (Å²) in [5, 5.41) is 8.63. The van der Waals surface area contributed by atoms with Crippen molar-refractivity contribution in [3.63, 3.8) is 0 Å². The Bertz CT molecular complexity index is 613. The molecule has 1 aliphatic carbocycles. The van der Waals surface area contributed by atoms with E-state index in [-0.39, 0.29) is 5.75 Å². The van der Waals surface area contributed by atoms with Gasteiger partial charge in [-0.3, -0.25) is 4.79 Å². The van der Waals surface area contributed by atoms with Crippen LogP contribution in [0.5, 0.6) is 0 Å². The van der Waals surface area contributed by atoms with E-state index in [1.54, 1.807) is 24.3 Å². The van der Waals surface area contributed by atoms with Crippen molar-refractivity contribution in [1.29, 1.82) is 0 Å². The predicted molar refractivity (Wildman–Crippen MR) is 72.0 cm³/mol. The summed E-state index contributed by atoms with van der Waals surface area (Å²) < 4.78 is 23.9. The average Bonchev–Trinajstić information content (AvgIpc) is 2.99. The maximum absolute atomic E-state index is 12.0. The van der Waals surface area contributed by atoms with Crippen molar-refractivity contribution in [2.45, 2.75) is 23.6 Å². The lowest BCUT2D eigenvalue weighted by molar-refractivity contribution is -0.139. The molecular weight excluding hydrogens is 290 g/mol. The van der Waals surface area contributed by atoms with Gasteiger partial charge >= 0.3 is 5.97 Å². The van der Waals surface area contributed by atoms with Gasteiger partial charge < -0.3 is 10.8 Å². The summed E-state index contributed by atoms with van der Waals surface area (Å²) >= 11 is 5.76. The van der Waals surface area contributed by atoms with Crippen molar-refractivity contribution in [2.24, 2.45) is 5.73 Å². The molecule has 19 heavy (non-hydrogen) atoms. The van der Waals surface area contributed by atoms with E-state index in [2.05, 4.69) is 0 Å². The van der Waals surface area contributed by atoms with E-state index in [1.807, 2.05) is 0 Å². The Morgan fingerprint density at radius 1 is 1.42 bits per heavy atom. The number of hydrogen-bond donors (Lipinski definition) is 2. The van der Waals surface area contributed by atoms with Gasteiger partial charge in [-0.15, -0.1) is 0 Å². The van der Waals surface area contributed by atoms with Crippen LogP contribution in [0.3, 0.4) is 0 Å². The Balaban J connectivity index is 2.45. The average molecular weight is 304 g/mol. The summed E-state index contributed by atoms with van der Waals surface area (Å²) in [6.45, 7) is 1.48. The van der Waals surface area contributed by atoms with Crippen LogP contribution in [0.4, 0.5) is 0 Å². The molecule has 0 spiro atoms. The fraction of sp³-hybridized carbons (Fsp3) is 0.417. The van der Waals surface area contributed by atoms with E-state index in [4.69, 9.17) is 17.3 Å². The van der Waals surface area contributed by atoms with Crippen molar-refractivity contribution < 1.29 is 18.3 Å². The number of nitrogens with two attached hydrogens (primary N) is 1. The Morgan fingerprint density at radius 3 is 2.37 bits per heavy atom. The monoisotopic (exact) mass is 303 g/mol. The van der Waals surface area contributed by atoms with Gasteiger partial charge in [-0.25, -0.2) is 8.42 Å². The van der Waals surface area contributed by atoms with Gasteiger partial charge in [0, 0.05) is 16.7 Å². The van der Waals surface area contributed by atoms with Gasteiger partial charge in [-0.2, -0.15) is 0 Å². The molecule has 2 rings (SSSR count). The number of carboxylic acids is 1. The van der Waals surface area contributed by atoms with Gasteiger partial charge in [0.25, 0.3) is 0 Å². The number of rotatable bonds is 4. The molecular formula is C12H14ClNO4S. The van der Waals surface area contributed by atoms with Crippen LogP contribution in [0.1, 0.15) is 18.4 Å². The second kappa shape index (κ2) is 4.47. The molecule has 0 bridgehead atoms. The first-order valence-electron chi connectivity index (χ1n) is 5.74. The van der Waals surface area contributed by atoms with E-state index < -0.39 is 32.5 Å². The second-order valence-electron chi connectivity index (χ2n) is 4.64. The smallest absolute Gasteiger partial charge is 0.325 e. The van der Waals surface area contributed by atoms with Gasteiger partial charge in [0.1, 0.15) is 5.54 Å². The van der Waals surface area contributed by atoms with Crippen LogP contribution in [0.25, 0.3) is 0 Å². The van der Waals surface area contributed by atoms with E-state index in [9.17, 15) is 18.3 Å². The number of benzene rings is 1. The molecule has 5 nitrogen and oxygen atoms in total. The third-order valence-electron chi connectivity index (χ3n) is 3.57. The fourth-order valence-corrected chi connectivity index (χ4v) is 4.48. The Labute approximate surface area is 116 Å². The molecule has 1 fully saturated rings. The highest BCUT2D eigenvalue weighted by atomic mass is 35.5. The molecule has 0 amide bonds. The molecule has 0 aliphatic heterocycles. The topological polar surface area (TPSA) is 97.5 Å². The maximum Gasteiger partial charge on any atom is 0.325 e. The predicted octanol–water partition coefficient (Wildman–Crippen LogP) is 1.02. The lowest BCUT2D eigenvalue weighted by Crippen LogP contribution is -2.40. The molecule has 0 unspecified atom stereocenters. The number of hydrogen-bond acceptors (Lipinski definition) is 4. The first-order valence-corrected chi connectivity index (χ1v) is 7.83. The summed E-state index contributed by atoms with van der Waals surface area (Å²) in [6, 6.07) is 6.41. The quantitative estimate of drug-likeness (QED) is 0.865. The molecule has 0 aromatic heterocycles. The first-order chi connectivity index (χ1) is 8.75. The molecule has 3 N–H and O–H groups in total. The molecule has 1 saturated carbocycles. The zero-order valence-electron chi connectivity index (χ0n) is 10.2. The molecule has 0 radical (unpaired) electrons. The lowest BCUT2D eigenvalue weighted by Gasteiger charge is -2.05. The van der Waals surface area contributed by atoms with E-state index >= 15 is 0 Å². The molecule has 7 heteroatoms. The fourth-order valence-electron chi connectivity index (χ4n) is 2.43. The van der Waals surface area contributed by atoms with Crippen molar-refractivity contribution in [3.8, 4) is 0 Å². The number of halogens is 1. The van der Waals surface area contributed by atoms with E-state index in [1.165, 1.54) is 6.92 Å². The van der Waals surface area contributed by atoms with Crippen molar-refractivity contribution in [3.05, 3.63) is 34.9 Å². The number of carbonyl (C=O) groups is 1. The first kappa shape index (κ1) is 14.3. The third-order valence-corrected chi connectivity index (χ3v) is 6.06. The number of carboxylic acid groups (broad SMARTS) is 1. The van der Waals surface area contributed by atoms with Crippen molar-refractivity contribution >= 4 is 27.4 Å². The van der Waals surface area contributed by atoms with Crippen LogP contribution in [0.15, 0.2) is 24.3 Å². The molecule has 3 atom stereocenters. The standard InChI is InChI=1S/C12H14ClNO4S/c1-2-19(17,18)10-9(12(10,14)11(15)16)7-3-5-8(13)6-4-7/h3-6,9-10H,2,14H2,1H3,(H,15,16)/t9-,10+,12+/m0/s1. The van der Waals surface area contributed by atoms with Crippen molar-refractivity contribution in [1.82, 2.24) is 0 Å². The van der Waals surface area contributed by atoms with Crippen LogP contribution < -0.4 is 5.73 Å². The SMILES string of the molecule is CCS(=O)(=O)[C@@H]1[C@H](c2ccc(Cl)cc2)[C@]1(N)C(=O)O. The minimum Gasteiger partial charge on any atom is -0.480 e. The van der Waals surface area contributed by atoms with Crippen LogP contribution in [-0.2, 0) is 14.6 Å². The van der Waals surface area contributed by atoms with Gasteiger partial charge in [0.15, 0.2) is 9.84 Å². The van der Waals surface area contributed by atoms with Gasteiger partial charge in [-0.1, -0.05) is 30.7 Å². The molecule has 1 aromatic rings. The van der Waals surface area contributed by atoms with Gasteiger partial charge in [-0.05, 0) is 17.7 Å². The number of sulfone groups is 1. The Kier molecular flexibility index (Phi) is 3.36. The minimum atomic E-state index is -3.52. The molecule has 1 aromatic carbocycles. The normalized spacial score (nSPS) is 30.1. The highest BCUT2D eigenvalue weighted by Gasteiger charge is 2.73. The summed E-state index contributed by atoms with van der Waals surface area (Å²) in [7, 11) is -3.52. The van der Waals surface area contributed by atoms with Crippen LogP contribution in [0, 0.1) is 0 Å². The zero-order chi connectivity index (χ0) is 14.4. The van der Waals surface area contributed by atoms with Crippen LogP contribution in [-0.4, -0.2) is 36.0 Å². The van der Waals surface area contributed by atoms with E-state index in [0.717, 1.165) is 0 Å². The maximum atomic E-state index is 12.0. The molecule has 1 aliphatic rings. The number of aliphatic carboxylic acids is 1. The van der Waals surface area contributed by atoms with Gasteiger partial charge in [0.05, 0.1) is 5.25 Å². The highest BCUT2D eigenvalue weighted by Crippen LogP contribution is 2.54. The summed E-state index contributed by atoms with van der Waals surface area (Å²) in [5.74, 6) is -2.16. The zero-order valence-corrected chi connectivity index (χ0v) is 11.8. The largest absolute Gasteiger partial charge is 0.480 e. The highest BCUT2D eigenvalue weighted by molar-refractivity contribution is 7.92. The second-order valence-corrected chi connectivity index (χ2v) is 7.49. The Hall–Kier alpha value is -1.11. The van der Waals surface area contributed by atoms with Gasteiger partial charge in [0.2, 0.25) is 0 Å².